The molecule has 4 unspecified atom stereocenters. The van der Waals surface area contributed by atoms with Gasteiger partial charge in [0, 0.05) is 0 Å². The van der Waals surface area contributed by atoms with E-state index in [2.05, 4.69) is 17.6 Å². The summed E-state index contributed by atoms with van der Waals surface area (Å²) < 4.78 is 4.78. The van der Waals surface area contributed by atoms with E-state index in [1.54, 1.807) is 0 Å². The van der Waals surface area contributed by atoms with Crippen LogP contribution in [0.15, 0.2) is 0 Å². The normalized spacial score (nSPS) is 26.3. The van der Waals surface area contributed by atoms with Crippen LogP contribution >= 0.6 is 0 Å². The molecule has 1 saturated heterocycles. The van der Waals surface area contributed by atoms with Crippen LogP contribution in [0.3, 0.4) is 0 Å². The number of piperidine rings is 1. The Labute approximate surface area is 115 Å². The van der Waals surface area contributed by atoms with E-state index in [-0.39, 0.29) is 23.8 Å². The van der Waals surface area contributed by atoms with Gasteiger partial charge in [-0.25, -0.2) is 4.79 Å². The molecule has 1 heterocycles. The van der Waals surface area contributed by atoms with Gasteiger partial charge in [-0.2, -0.15) is 0 Å². The van der Waals surface area contributed by atoms with Gasteiger partial charge >= 0.3 is 5.97 Å². The molecule has 0 aromatic heterocycles. The molecule has 4 atom stereocenters. The molecule has 1 rings (SSSR count). The third kappa shape index (κ3) is 4.20. The summed E-state index contributed by atoms with van der Waals surface area (Å²) in [6.07, 6.45) is 2.95. The van der Waals surface area contributed by atoms with Crippen molar-refractivity contribution in [2.45, 2.75) is 52.1 Å². The van der Waals surface area contributed by atoms with Gasteiger partial charge in [0.25, 0.3) is 0 Å². The SMILES string of the molecule is CCC(C)C(NC(=O)C1NCCCC1C)C(=O)OC. The minimum Gasteiger partial charge on any atom is -0.467 e. The van der Waals surface area contributed by atoms with Crippen LogP contribution in [0.5, 0.6) is 0 Å². The highest BCUT2D eigenvalue weighted by atomic mass is 16.5. The Balaban J connectivity index is 2.67. The number of ether oxygens (including phenoxy) is 1. The summed E-state index contributed by atoms with van der Waals surface area (Å²) in [5, 5.41) is 6.07. The average Bonchev–Trinajstić information content (AvgIpc) is 2.43. The molecule has 1 aliphatic rings. The number of carbonyl (C=O) groups excluding carboxylic acids is 2. The molecule has 0 aromatic rings. The van der Waals surface area contributed by atoms with E-state index in [1.807, 2.05) is 13.8 Å². The van der Waals surface area contributed by atoms with E-state index in [1.165, 1.54) is 7.11 Å². The highest BCUT2D eigenvalue weighted by Gasteiger charge is 2.32. The average molecular weight is 270 g/mol. The number of hydrogen-bond donors (Lipinski definition) is 2. The predicted molar refractivity (Wildman–Crippen MR) is 73.6 cm³/mol. The van der Waals surface area contributed by atoms with E-state index >= 15 is 0 Å². The van der Waals surface area contributed by atoms with Gasteiger partial charge in [0.2, 0.25) is 5.91 Å². The summed E-state index contributed by atoms with van der Waals surface area (Å²) in [6, 6.07) is -0.761. The number of hydrogen-bond acceptors (Lipinski definition) is 4. The van der Waals surface area contributed by atoms with Crippen LogP contribution in [0.1, 0.15) is 40.0 Å². The van der Waals surface area contributed by atoms with E-state index in [0.717, 1.165) is 25.8 Å². The van der Waals surface area contributed by atoms with E-state index < -0.39 is 6.04 Å². The summed E-state index contributed by atoms with van der Waals surface area (Å²) in [5.41, 5.74) is 0. The molecule has 0 spiro atoms. The van der Waals surface area contributed by atoms with Gasteiger partial charge in [-0.05, 0) is 31.2 Å². The van der Waals surface area contributed by atoms with Gasteiger partial charge in [0.15, 0.2) is 0 Å². The molecular weight excluding hydrogens is 244 g/mol. The Morgan fingerprint density at radius 3 is 2.68 bits per heavy atom. The van der Waals surface area contributed by atoms with Gasteiger partial charge in [-0.3, -0.25) is 4.79 Å². The van der Waals surface area contributed by atoms with Crippen molar-refractivity contribution in [2.75, 3.05) is 13.7 Å². The first-order chi connectivity index (χ1) is 9.01. The predicted octanol–water partition coefficient (Wildman–Crippen LogP) is 1.08. The van der Waals surface area contributed by atoms with E-state index in [0.29, 0.717) is 5.92 Å². The van der Waals surface area contributed by atoms with Crippen molar-refractivity contribution in [2.24, 2.45) is 11.8 Å². The smallest absolute Gasteiger partial charge is 0.328 e. The summed E-state index contributed by atoms with van der Waals surface area (Å²) in [7, 11) is 1.35. The Bertz CT molecular complexity index is 320. The van der Waals surface area contributed by atoms with Crippen LogP contribution in [-0.2, 0) is 14.3 Å². The fourth-order valence-electron chi connectivity index (χ4n) is 2.44. The zero-order valence-electron chi connectivity index (χ0n) is 12.4. The van der Waals surface area contributed by atoms with Crippen molar-refractivity contribution in [3.8, 4) is 0 Å². The highest BCUT2D eigenvalue weighted by molar-refractivity contribution is 5.87. The molecule has 0 aliphatic carbocycles. The highest BCUT2D eigenvalue weighted by Crippen LogP contribution is 2.17. The van der Waals surface area contributed by atoms with Gasteiger partial charge in [-0.15, -0.1) is 0 Å². The van der Waals surface area contributed by atoms with Crippen molar-refractivity contribution in [1.29, 1.82) is 0 Å². The summed E-state index contributed by atoms with van der Waals surface area (Å²) in [5.74, 6) is -0.103. The number of esters is 1. The monoisotopic (exact) mass is 270 g/mol. The lowest BCUT2D eigenvalue weighted by atomic mass is 9.91. The minimum absolute atomic E-state index is 0.0651. The first-order valence-corrected chi connectivity index (χ1v) is 7.12. The number of methoxy groups -OCH3 is 1. The maximum Gasteiger partial charge on any atom is 0.328 e. The molecule has 2 N–H and O–H groups in total. The lowest BCUT2D eigenvalue weighted by molar-refractivity contribution is -0.147. The molecule has 1 aliphatic heterocycles. The van der Waals surface area contributed by atoms with Gasteiger partial charge in [-0.1, -0.05) is 27.2 Å². The molecule has 0 radical (unpaired) electrons. The molecule has 5 nitrogen and oxygen atoms in total. The Kier molecular flexibility index (Phi) is 6.28. The Morgan fingerprint density at radius 1 is 1.47 bits per heavy atom. The zero-order valence-corrected chi connectivity index (χ0v) is 12.4. The third-order valence-electron chi connectivity index (χ3n) is 4.02. The second kappa shape index (κ2) is 7.48. The number of amides is 1. The van der Waals surface area contributed by atoms with Gasteiger partial charge in [0.1, 0.15) is 6.04 Å². The largest absolute Gasteiger partial charge is 0.467 e. The maximum absolute atomic E-state index is 12.3. The lowest BCUT2D eigenvalue weighted by Gasteiger charge is -2.31. The van der Waals surface area contributed by atoms with Crippen LogP contribution < -0.4 is 10.6 Å². The topological polar surface area (TPSA) is 67.4 Å². The van der Waals surface area contributed by atoms with Crippen molar-refractivity contribution in [3.05, 3.63) is 0 Å². The van der Waals surface area contributed by atoms with E-state index in [9.17, 15) is 9.59 Å². The van der Waals surface area contributed by atoms with Crippen molar-refractivity contribution < 1.29 is 14.3 Å². The molecule has 0 saturated carbocycles. The first-order valence-electron chi connectivity index (χ1n) is 7.12. The minimum atomic E-state index is -0.557. The third-order valence-corrected chi connectivity index (χ3v) is 4.02. The number of nitrogens with one attached hydrogen (secondary N) is 2. The maximum atomic E-state index is 12.3. The molecule has 19 heavy (non-hydrogen) atoms. The first kappa shape index (κ1) is 16.0. The molecule has 0 bridgehead atoms. The van der Waals surface area contributed by atoms with Crippen molar-refractivity contribution in [3.63, 3.8) is 0 Å². The van der Waals surface area contributed by atoms with Crippen molar-refractivity contribution in [1.82, 2.24) is 10.6 Å². The van der Waals surface area contributed by atoms with Crippen LogP contribution in [0.25, 0.3) is 0 Å². The van der Waals surface area contributed by atoms with E-state index in [4.69, 9.17) is 4.74 Å². The number of carbonyl (C=O) groups is 2. The second-order valence-corrected chi connectivity index (χ2v) is 5.45. The van der Waals surface area contributed by atoms with Gasteiger partial charge < -0.3 is 15.4 Å². The molecule has 1 amide bonds. The van der Waals surface area contributed by atoms with Crippen LogP contribution in [0, 0.1) is 11.8 Å². The lowest BCUT2D eigenvalue weighted by Crippen LogP contribution is -2.56. The Hall–Kier alpha value is -1.10. The molecule has 1 fully saturated rings. The van der Waals surface area contributed by atoms with Crippen LogP contribution in [0.4, 0.5) is 0 Å². The van der Waals surface area contributed by atoms with Crippen molar-refractivity contribution >= 4 is 11.9 Å². The van der Waals surface area contributed by atoms with Crippen LogP contribution in [-0.4, -0.2) is 37.6 Å². The number of rotatable bonds is 5. The quantitative estimate of drug-likeness (QED) is 0.734. The molecule has 110 valence electrons. The second-order valence-electron chi connectivity index (χ2n) is 5.45. The fraction of sp³-hybridized carbons (Fsp3) is 0.857. The molecular formula is C14H26N2O3. The van der Waals surface area contributed by atoms with Gasteiger partial charge in [0.05, 0.1) is 13.2 Å². The summed E-state index contributed by atoms with van der Waals surface area (Å²) >= 11 is 0. The molecule has 5 heteroatoms. The Morgan fingerprint density at radius 2 is 2.16 bits per heavy atom. The summed E-state index contributed by atoms with van der Waals surface area (Å²) in [4.78, 5) is 24.0. The van der Waals surface area contributed by atoms with Crippen LogP contribution in [0.2, 0.25) is 0 Å². The zero-order chi connectivity index (χ0) is 14.4. The molecule has 0 aromatic carbocycles. The standard InChI is InChI=1S/C14H26N2O3/c1-5-9(2)12(14(18)19-4)16-13(17)11-10(3)7-6-8-15-11/h9-12,15H,5-8H2,1-4H3,(H,16,17). The summed E-state index contributed by atoms with van der Waals surface area (Å²) in [6.45, 7) is 6.86. The fourth-order valence-corrected chi connectivity index (χ4v) is 2.44.